The van der Waals surface area contributed by atoms with Crippen LogP contribution >= 0.6 is 15.9 Å². The van der Waals surface area contributed by atoms with Gasteiger partial charge in [0.05, 0.1) is 0 Å². The summed E-state index contributed by atoms with van der Waals surface area (Å²) in [5, 5.41) is 12.6. The summed E-state index contributed by atoms with van der Waals surface area (Å²) < 4.78 is 29.2. The second-order valence-corrected chi connectivity index (χ2v) is 25.6. The molecular weight excluding hydrogens is 973 g/mol. The van der Waals surface area contributed by atoms with Crippen LogP contribution in [0.3, 0.4) is 0 Å². The maximum atomic E-state index is 8.71. The first kappa shape index (κ1) is 65.6. The standard InChI is InChI=1S/C29H41BrOSi.C24H44O3.C11H18O2/c1-29(2,3)32(27-21-15-13-16-22-27,28-23-17-14-18-24-28)31-26-20-12-10-8-6-4-5-7-9-11-19-25-30;25-21-17-14-12-10-8-6-4-2-1-3-5-7-9-11-13-15-18-22-26-24-20-16-19-23-27-24;1-2-3-4-6-9-12-11-8-5-7-10-13-11/h13-18,21-24H,4-5,7,9-12,19-20,25-26H2,1-3H3;8-11,24-25H,1-7,12-23H2;1,11H,3-10H2/b;10-8-,11-9-;. The van der Waals surface area contributed by atoms with Crippen molar-refractivity contribution in [3.63, 3.8) is 0 Å². The number of ether oxygens (including phenoxy) is 4. The molecular formula is C64H103BrO6Si. The van der Waals surface area contributed by atoms with E-state index in [0.717, 1.165) is 122 Å². The number of alkyl halides is 1. The van der Waals surface area contributed by atoms with E-state index in [-0.39, 0.29) is 17.6 Å². The summed E-state index contributed by atoms with van der Waals surface area (Å²) >= 11 is 3.49. The van der Waals surface area contributed by atoms with Crippen molar-refractivity contribution in [3.8, 4) is 24.2 Å². The molecule has 2 aromatic carbocycles. The maximum absolute atomic E-state index is 8.71. The molecule has 406 valence electrons. The van der Waals surface area contributed by atoms with Gasteiger partial charge in [0.25, 0.3) is 8.32 Å². The highest BCUT2D eigenvalue weighted by Crippen LogP contribution is 2.37. The summed E-state index contributed by atoms with van der Waals surface area (Å²) in [6.07, 6.45) is 51.1. The lowest BCUT2D eigenvalue weighted by molar-refractivity contribution is -0.163. The van der Waals surface area contributed by atoms with Gasteiger partial charge < -0.3 is 28.5 Å². The predicted molar refractivity (Wildman–Crippen MR) is 314 cm³/mol. The van der Waals surface area contributed by atoms with E-state index in [1.165, 1.54) is 126 Å². The Morgan fingerprint density at radius 1 is 0.556 bits per heavy atom. The highest BCUT2D eigenvalue weighted by molar-refractivity contribution is 9.09. The van der Waals surface area contributed by atoms with Crippen LogP contribution in [0.25, 0.3) is 0 Å². The second-order valence-electron chi connectivity index (χ2n) is 20.5. The lowest BCUT2D eigenvalue weighted by Gasteiger charge is -2.43. The molecule has 2 aromatic rings. The van der Waals surface area contributed by atoms with Crippen molar-refractivity contribution < 1.29 is 28.5 Å². The predicted octanol–water partition coefficient (Wildman–Crippen LogP) is 16.5. The van der Waals surface area contributed by atoms with Gasteiger partial charge in [-0.25, -0.2) is 0 Å². The summed E-state index contributed by atoms with van der Waals surface area (Å²) in [6, 6.07) is 21.8. The van der Waals surface area contributed by atoms with E-state index in [4.69, 9.17) is 34.9 Å². The normalized spacial score (nSPS) is 16.1. The second kappa shape index (κ2) is 47.0. The molecule has 1 N–H and O–H groups in total. The molecule has 72 heavy (non-hydrogen) atoms. The van der Waals surface area contributed by atoms with Gasteiger partial charge >= 0.3 is 0 Å². The van der Waals surface area contributed by atoms with Gasteiger partial charge in [0, 0.05) is 64.2 Å². The average molecular weight is 1080 g/mol. The van der Waals surface area contributed by atoms with Crippen molar-refractivity contribution in [1.82, 2.24) is 0 Å². The highest BCUT2D eigenvalue weighted by atomic mass is 79.9. The molecule has 2 saturated heterocycles. The molecule has 8 heteroatoms. The monoisotopic (exact) mass is 1070 g/mol. The molecule has 2 aliphatic heterocycles. The van der Waals surface area contributed by atoms with Crippen LogP contribution in [0.1, 0.15) is 220 Å². The SMILES string of the molecule is C#CCCCCOC1CCCCO1.CC(C)(C)[Si](OCCCCC#CCCCCCCCBr)(c1ccccc1)c1ccccc1.OCCCC/C=C\CCCCCCC/C=C\CCCCOC1CCCCO1. The Balaban J connectivity index is 0.000000400. The lowest BCUT2D eigenvalue weighted by Crippen LogP contribution is -2.66. The van der Waals surface area contributed by atoms with Gasteiger partial charge in [-0.05, 0) is 157 Å². The number of rotatable bonds is 36. The van der Waals surface area contributed by atoms with Crippen LogP contribution in [0.5, 0.6) is 0 Å². The molecule has 0 aromatic heterocycles. The summed E-state index contributed by atoms with van der Waals surface area (Å²) in [6.45, 7) is 11.5. The van der Waals surface area contributed by atoms with Crippen molar-refractivity contribution in [1.29, 1.82) is 0 Å². The zero-order chi connectivity index (χ0) is 51.7. The fourth-order valence-corrected chi connectivity index (χ4v) is 14.0. The quantitative estimate of drug-likeness (QED) is 0.0241. The number of unbranched alkanes of at least 4 members (excludes halogenated alkanes) is 19. The van der Waals surface area contributed by atoms with Crippen molar-refractivity contribution >= 4 is 34.6 Å². The number of benzene rings is 2. The zero-order valence-corrected chi connectivity index (χ0v) is 48.6. The Kier molecular flexibility index (Phi) is 42.8. The molecule has 0 spiro atoms. The van der Waals surface area contributed by atoms with Gasteiger partial charge in [-0.2, -0.15) is 0 Å². The van der Waals surface area contributed by atoms with Crippen LogP contribution in [-0.4, -0.2) is 71.0 Å². The van der Waals surface area contributed by atoms with Crippen molar-refractivity contribution in [2.45, 2.75) is 237 Å². The Morgan fingerprint density at radius 3 is 1.43 bits per heavy atom. The Hall–Kier alpha value is -2.50. The van der Waals surface area contributed by atoms with Gasteiger partial charge in [0.1, 0.15) is 0 Å². The molecule has 6 nitrogen and oxygen atoms in total. The minimum Gasteiger partial charge on any atom is -0.407 e. The topological polar surface area (TPSA) is 66.4 Å². The van der Waals surface area contributed by atoms with E-state index in [1.54, 1.807) is 0 Å². The lowest BCUT2D eigenvalue weighted by atomic mass is 10.1. The molecule has 2 fully saturated rings. The molecule has 2 heterocycles. The number of hydrogen-bond acceptors (Lipinski definition) is 6. The van der Waals surface area contributed by atoms with E-state index >= 15 is 0 Å². The van der Waals surface area contributed by atoms with Gasteiger partial charge in [-0.15, -0.1) is 24.2 Å². The average Bonchev–Trinajstić information content (AvgIpc) is 3.40. The minimum absolute atomic E-state index is 0.0457. The molecule has 0 radical (unpaired) electrons. The molecule has 2 atom stereocenters. The van der Waals surface area contributed by atoms with Crippen molar-refractivity contribution in [2.24, 2.45) is 0 Å². The fourth-order valence-electron chi connectivity index (χ4n) is 9.03. The molecule has 2 aliphatic rings. The maximum Gasteiger partial charge on any atom is 0.261 e. The number of hydrogen-bond donors (Lipinski definition) is 1. The summed E-state index contributed by atoms with van der Waals surface area (Å²) in [5.41, 5.74) is 0. The van der Waals surface area contributed by atoms with Crippen LogP contribution in [0.4, 0.5) is 0 Å². The minimum atomic E-state index is -2.39. The van der Waals surface area contributed by atoms with Crippen molar-refractivity contribution in [3.05, 3.63) is 85.0 Å². The first-order valence-electron chi connectivity index (χ1n) is 29.0. The van der Waals surface area contributed by atoms with Crippen LogP contribution in [0.2, 0.25) is 5.04 Å². The van der Waals surface area contributed by atoms with E-state index in [0.29, 0.717) is 6.61 Å². The Morgan fingerprint density at radius 2 is 0.972 bits per heavy atom. The first-order chi connectivity index (χ1) is 35.4. The zero-order valence-electron chi connectivity index (χ0n) is 46.1. The number of terminal acetylenes is 1. The van der Waals surface area contributed by atoms with E-state index in [2.05, 4.69) is 139 Å². The van der Waals surface area contributed by atoms with Gasteiger partial charge in [-0.3, -0.25) is 0 Å². The third-order valence-electron chi connectivity index (χ3n) is 13.2. The van der Waals surface area contributed by atoms with E-state index in [1.807, 2.05) is 0 Å². The Bertz CT molecular complexity index is 1610. The van der Waals surface area contributed by atoms with Crippen LogP contribution in [-0.2, 0) is 23.4 Å². The molecule has 0 bridgehead atoms. The third-order valence-corrected chi connectivity index (χ3v) is 18.8. The largest absolute Gasteiger partial charge is 0.407 e. The van der Waals surface area contributed by atoms with E-state index < -0.39 is 8.32 Å². The first-order valence-corrected chi connectivity index (χ1v) is 32.0. The number of allylic oxidation sites excluding steroid dienone is 4. The highest BCUT2D eigenvalue weighted by Gasteiger charge is 2.49. The van der Waals surface area contributed by atoms with Gasteiger partial charge in [0.2, 0.25) is 0 Å². The van der Waals surface area contributed by atoms with Crippen molar-refractivity contribution in [2.75, 3.05) is 45.0 Å². The van der Waals surface area contributed by atoms with Gasteiger partial charge in [0.15, 0.2) is 12.6 Å². The molecule has 0 amide bonds. The molecule has 4 rings (SSSR count). The van der Waals surface area contributed by atoms with Gasteiger partial charge in [-0.1, -0.05) is 160 Å². The third kappa shape index (κ3) is 33.4. The number of aliphatic hydroxyl groups excluding tert-OH is 1. The summed E-state index contributed by atoms with van der Waals surface area (Å²) in [7, 11) is -2.39. The molecule has 0 aliphatic carbocycles. The summed E-state index contributed by atoms with van der Waals surface area (Å²) in [5.74, 6) is 9.36. The Labute approximate surface area is 452 Å². The van der Waals surface area contributed by atoms with E-state index in [9.17, 15) is 0 Å². The summed E-state index contributed by atoms with van der Waals surface area (Å²) in [4.78, 5) is 0. The number of halogens is 1. The fraction of sp³-hybridized carbons (Fsp3) is 0.688. The van der Waals surface area contributed by atoms with Crippen LogP contribution < -0.4 is 10.4 Å². The van der Waals surface area contributed by atoms with Crippen LogP contribution in [0, 0.1) is 24.2 Å². The molecule has 2 unspecified atom stereocenters. The van der Waals surface area contributed by atoms with Crippen LogP contribution in [0.15, 0.2) is 85.0 Å². The molecule has 0 saturated carbocycles. The smallest absolute Gasteiger partial charge is 0.261 e. The number of aliphatic hydroxyl groups is 1.